The smallest absolute Gasteiger partial charge is 0.229 e. The first-order valence-electron chi connectivity index (χ1n) is 10.6. The molecular weight excluding hydrogens is 398 g/mol. The second-order valence-corrected chi connectivity index (χ2v) is 8.95. The third kappa shape index (κ3) is 4.09. The van der Waals surface area contributed by atoms with Gasteiger partial charge in [-0.1, -0.05) is 11.3 Å². The largest absolute Gasteiger partial charge is 0.494 e. The maximum atomic E-state index is 12.8. The second kappa shape index (κ2) is 8.18. The molecule has 1 saturated carbocycles. The third-order valence-electron chi connectivity index (χ3n) is 5.76. The van der Waals surface area contributed by atoms with Crippen molar-refractivity contribution in [1.29, 1.82) is 0 Å². The average Bonchev–Trinajstić information content (AvgIpc) is 3.55. The maximum absolute atomic E-state index is 12.8. The molecule has 0 atom stereocenters. The van der Waals surface area contributed by atoms with Crippen LogP contribution in [0.25, 0.3) is 10.2 Å². The fraction of sp³-hybridized carbons (Fsp3) is 0.455. The molecule has 1 aromatic carbocycles. The topological polar surface area (TPSA) is 80.2 Å². The number of nitrogens with one attached hydrogen (secondary N) is 1. The molecule has 1 amide bonds. The number of rotatable bonds is 6. The van der Waals surface area contributed by atoms with E-state index in [-0.39, 0.29) is 11.8 Å². The van der Waals surface area contributed by atoms with Crippen molar-refractivity contribution in [2.75, 3.05) is 29.9 Å². The molecule has 0 spiro atoms. The van der Waals surface area contributed by atoms with Crippen LogP contribution in [0.5, 0.6) is 5.75 Å². The maximum Gasteiger partial charge on any atom is 0.229 e. The first kappa shape index (κ1) is 19.2. The highest BCUT2D eigenvalue weighted by Gasteiger charge is 2.28. The van der Waals surface area contributed by atoms with Crippen molar-refractivity contribution in [3.8, 4) is 5.75 Å². The van der Waals surface area contributed by atoms with Gasteiger partial charge in [-0.3, -0.25) is 4.79 Å². The van der Waals surface area contributed by atoms with Crippen molar-refractivity contribution >= 4 is 38.4 Å². The van der Waals surface area contributed by atoms with Crippen LogP contribution in [0.3, 0.4) is 0 Å². The van der Waals surface area contributed by atoms with Gasteiger partial charge in [-0.25, -0.2) is 4.98 Å². The molecule has 2 aromatic heterocycles. The number of anilines is 2. The van der Waals surface area contributed by atoms with Crippen LogP contribution in [0.1, 0.15) is 44.2 Å². The van der Waals surface area contributed by atoms with E-state index in [1.165, 1.54) is 24.2 Å². The number of carbonyl (C=O) groups excluding carboxylic acids is 1. The Morgan fingerprint density at radius 2 is 2.00 bits per heavy atom. The van der Waals surface area contributed by atoms with Crippen LogP contribution in [-0.2, 0) is 4.79 Å². The summed E-state index contributed by atoms with van der Waals surface area (Å²) in [5.41, 5.74) is 1.99. The Bertz CT molecular complexity index is 1040. The molecule has 0 unspecified atom stereocenters. The SMILES string of the molecule is CCOc1ccc2nc(NC(=O)C3CCN(c4ccc(C5CC5)nn4)CC3)sc2c1. The van der Waals surface area contributed by atoms with Gasteiger partial charge in [0.25, 0.3) is 0 Å². The summed E-state index contributed by atoms with van der Waals surface area (Å²) in [6, 6.07) is 9.98. The molecule has 30 heavy (non-hydrogen) atoms. The zero-order chi connectivity index (χ0) is 20.5. The molecule has 2 aliphatic rings. The Morgan fingerprint density at radius 1 is 1.17 bits per heavy atom. The first-order chi connectivity index (χ1) is 14.7. The normalized spacial score (nSPS) is 17.3. The third-order valence-corrected chi connectivity index (χ3v) is 6.69. The van der Waals surface area contributed by atoms with Gasteiger partial charge in [0.1, 0.15) is 5.75 Å². The lowest BCUT2D eigenvalue weighted by molar-refractivity contribution is -0.120. The quantitative estimate of drug-likeness (QED) is 0.639. The van der Waals surface area contributed by atoms with E-state index in [4.69, 9.17) is 4.74 Å². The van der Waals surface area contributed by atoms with Crippen molar-refractivity contribution in [2.24, 2.45) is 5.92 Å². The number of fused-ring (bicyclic) bond motifs is 1. The number of amides is 1. The molecule has 1 aliphatic heterocycles. The zero-order valence-corrected chi connectivity index (χ0v) is 17.8. The van der Waals surface area contributed by atoms with Crippen molar-refractivity contribution < 1.29 is 9.53 Å². The predicted octanol–water partition coefficient (Wildman–Crippen LogP) is 4.22. The molecule has 1 N–H and O–H groups in total. The number of benzene rings is 1. The van der Waals surface area contributed by atoms with E-state index in [9.17, 15) is 4.79 Å². The lowest BCUT2D eigenvalue weighted by Gasteiger charge is -2.31. The molecule has 2 fully saturated rings. The molecule has 3 heterocycles. The number of ether oxygens (including phenoxy) is 1. The Hall–Kier alpha value is -2.74. The van der Waals surface area contributed by atoms with Gasteiger partial charge in [0.15, 0.2) is 10.9 Å². The molecule has 8 heteroatoms. The van der Waals surface area contributed by atoms with Gasteiger partial charge in [0, 0.05) is 24.9 Å². The minimum atomic E-state index is -0.00838. The van der Waals surface area contributed by atoms with E-state index < -0.39 is 0 Å². The van der Waals surface area contributed by atoms with Gasteiger partial charge < -0.3 is 15.0 Å². The van der Waals surface area contributed by atoms with Crippen LogP contribution < -0.4 is 15.0 Å². The second-order valence-electron chi connectivity index (χ2n) is 7.92. The standard InChI is InChI=1S/C22H25N5O2S/c1-2-29-16-5-6-18-19(13-16)30-22(23-18)24-21(28)15-9-11-27(12-10-15)20-8-7-17(25-26-20)14-3-4-14/h5-8,13-15H,2-4,9-12H2,1H3,(H,23,24,28). The fourth-order valence-corrected chi connectivity index (χ4v) is 4.79. The zero-order valence-electron chi connectivity index (χ0n) is 17.0. The number of nitrogens with zero attached hydrogens (tertiary/aromatic N) is 4. The van der Waals surface area contributed by atoms with E-state index in [1.54, 1.807) is 0 Å². The minimum Gasteiger partial charge on any atom is -0.494 e. The van der Waals surface area contributed by atoms with Gasteiger partial charge in [-0.15, -0.1) is 5.10 Å². The minimum absolute atomic E-state index is 0.00838. The molecule has 0 radical (unpaired) electrons. The van der Waals surface area contributed by atoms with Gasteiger partial charge in [-0.05, 0) is 62.9 Å². The summed E-state index contributed by atoms with van der Waals surface area (Å²) in [6.45, 7) is 4.21. The van der Waals surface area contributed by atoms with Crippen molar-refractivity contribution in [3.05, 3.63) is 36.0 Å². The van der Waals surface area contributed by atoms with Gasteiger partial charge in [0.05, 0.1) is 22.5 Å². The monoisotopic (exact) mass is 423 g/mol. The Labute approximate surface area is 179 Å². The Morgan fingerprint density at radius 3 is 2.70 bits per heavy atom. The highest BCUT2D eigenvalue weighted by atomic mass is 32.1. The molecule has 7 nitrogen and oxygen atoms in total. The number of piperidine rings is 1. The highest BCUT2D eigenvalue weighted by molar-refractivity contribution is 7.22. The molecule has 1 saturated heterocycles. The predicted molar refractivity (Wildman–Crippen MR) is 118 cm³/mol. The summed E-state index contributed by atoms with van der Waals surface area (Å²) in [5.74, 6) is 2.40. The van der Waals surface area contributed by atoms with Crippen LogP contribution in [0.15, 0.2) is 30.3 Å². The van der Waals surface area contributed by atoms with E-state index in [0.29, 0.717) is 17.7 Å². The fourth-order valence-electron chi connectivity index (χ4n) is 3.89. The summed E-state index contributed by atoms with van der Waals surface area (Å²) >= 11 is 1.48. The van der Waals surface area contributed by atoms with Crippen LogP contribution >= 0.6 is 11.3 Å². The van der Waals surface area contributed by atoms with E-state index in [2.05, 4.69) is 37.5 Å². The molecule has 1 aliphatic carbocycles. The number of aromatic nitrogens is 3. The summed E-state index contributed by atoms with van der Waals surface area (Å²) in [4.78, 5) is 19.5. The molecule has 3 aromatic rings. The molecular formula is C22H25N5O2S. The van der Waals surface area contributed by atoms with Crippen LogP contribution in [0, 0.1) is 5.92 Å². The summed E-state index contributed by atoms with van der Waals surface area (Å²) < 4.78 is 6.56. The Kier molecular flexibility index (Phi) is 5.25. The van der Waals surface area contributed by atoms with Gasteiger partial charge >= 0.3 is 0 Å². The Balaban J connectivity index is 1.18. The van der Waals surface area contributed by atoms with E-state index in [0.717, 1.165) is 53.4 Å². The average molecular weight is 424 g/mol. The van der Waals surface area contributed by atoms with Crippen LogP contribution in [0.2, 0.25) is 0 Å². The number of carbonyl (C=O) groups is 1. The lowest BCUT2D eigenvalue weighted by atomic mass is 9.96. The van der Waals surface area contributed by atoms with Gasteiger partial charge in [0.2, 0.25) is 5.91 Å². The van der Waals surface area contributed by atoms with Crippen molar-refractivity contribution in [2.45, 2.75) is 38.5 Å². The molecule has 0 bridgehead atoms. The number of hydrogen-bond acceptors (Lipinski definition) is 7. The number of thiazole rings is 1. The number of hydrogen-bond donors (Lipinski definition) is 1. The first-order valence-corrected chi connectivity index (χ1v) is 11.4. The van der Waals surface area contributed by atoms with E-state index >= 15 is 0 Å². The summed E-state index contributed by atoms with van der Waals surface area (Å²) in [6.07, 6.45) is 4.07. The highest BCUT2D eigenvalue weighted by Crippen LogP contribution is 2.39. The van der Waals surface area contributed by atoms with Crippen molar-refractivity contribution in [1.82, 2.24) is 15.2 Å². The lowest BCUT2D eigenvalue weighted by Crippen LogP contribution is -2.38. The van der Waals surface area contributed by atoms with Crippen LogP contribution in [0.4, 0.5) is 10.9 Å². The summed E-state index contributed by atoms with van der Waals surface area (Å²) in [7, 11) is 0. The van der Waals surface area contributed by atoms with Gasteiger partial charge in [-0.2, -0.15) is 5.10 Å². The van der Waals surface area contributed by atoms with E-state index in [1.807, 2.05) is 25.1 Å². The molecule has 156 valence electrons. The van der Waals surface area contributed by atoms with Crippen LogP contribution in [-0.4, -0.2) is 40.8 Å². The van der Waals surface area contributed by atoms with Crippen molar-refractivity contribution in [3.63, 3.8) is 0 Å². The summed E-state index contributed by atoms with van der Waals surface area (Å²) in [5, 5.41) is 12.4. The molecule has 5 rings (SSSR count).